The van der Waals surface area contributed by atoms with E-state index in [-0.39, 0.29) is 0 Å². The fourth-order valence-electron chi connectivity index (χ4n) is 5.63. The maximum absolute atomic E-state index is 11.6. The van der Waals surface area contributed by atoms with Crippen molar-refractivity contribution in [1.29, 1.82) is 0 Å². The smallest absolute Gasteiger partial charge is 0.132 e. The number of hydrogen-bond donors (Lipinski definition) is 0. The lowest BCUT2D eigenvalue weighted by Gasteiger charge is -2.18. The van der Waals surface area contributed by atoms with E-state index in [1.807, 2.05) is 0 Å². The molecule has 0 N–H and O–H groups in total. The molecule has 2 heterocycles. The zero-order chi connectivity index (χ0) is 24.8. The molecular formula is C32H56O3. The summed E-state index contributed by atoms with van der Waals surface area (Å²) in [7, 11) is 0. The maximum atomic E-state index is 11.6. The Hall–Kier alpha value is -1.12. The second-order valence-electron chi connectivity index (χ2n) is 11.3. The van der Waals surface area contributed by atoms with Crippen molar-refractivity contribution >= 4 is 11.6 Å². The van der Waals surface area contributed by atoms with Crippen LogP contribution in [0.15, 0.2) is 11.8 Å². The van der Waals surface area contributed by atoms with E-state index < -0.39 is 0 Å². The Bertz CT molecular complexity index is 553. The fraction of sp³-hybridized carbons (Fsp3) is 0.875. The average molecular weight is 489 g/mol. The molecule has 0 amide bonds. The summed E-state index contributed by atoms with van der Waals surface area (Å²) in [5.41, 5.74) is 0. The van der Waals surface area contributed by atoms with Crippen LogP contribution < -0.4 is 0 Å². The van der Waals surface area contributed by atoms with Gasteiger partial charge in [0.15, 0.2) is 0 Å². The standard InChI is InChI=1S/C16H28O2.C16H28O/c17-15-11-7-5-3-1-2-4-6-8-12-16(18)14-10-9-13-15;1-2-4-6-8-12-16-14-10-9-13-15(17-16)11-7-5-3-1/h1-14H2;13,16H,1-12,14H2. The predicted octanol–water partition coefficient (Wildman–Crippen LogP) is 9.95. The van der Waals surface area contributed by atoms with E-state index in [0.29, 0.717) is 30.5 Å². The molecule has 1 saturated carbocycles. The first-order valence-corrected chi connectivity index (χ1v) is 15.6. The van der Waals surface area contributed by atoms with Crippen LogP contribution in [0.3, 0.4) is 0 Å². The Morgan fingerprint density at radius 1 is 0.457 bits per heavy atom. The van der Waals surface area contributed by atoms with Crippen LogP contribution in [0, 0.1) is 0 Å². The highest BCUT2D eigenvalue weighted by atomic mass is 16.5. The molecule has 2 fully saturated rings. The van der Waals surface area contributed by atoms with Gasteiger partial charge in [-0.1, -0.05) is 77.0 Å². The van der Waals surface area contributed by atoms with E-state index in [2.05, 4.69) is 6.08 Å². The van der Waals surface area contributed by atoms with Gasteiger partial charge in [-0.25, -0.2) is 0 Å². The Labute approximate surface area is 217 Å². The van der Waals surface area contributed by atoms with Gasteiger partial charge in [0.1, 0.15) is 11.6 Å². The number of carbonyl (C=O) groups excluding carboxylic acids is 2. The number of hydrogen-bond acceptors (Lipinski definition) is 3. The zero-order valence-electron chi connectivity index (χ0n) is 23.0. The van der Waals surface area contributed by atoms with E-state index in [4.69, 9.17) is 4.74 Å². The molecule has 0 spiro atoms. The first kappa shape index (κ1) is 30.1. The largest absolute Gasteiger partial charge is 0.495 e. The summed E-state index contributed by atoms with van der Waals surface area (Å²) in [5.74, 6) is 2.11. The molecule has 1 saturated heterocycles. The Balaban J connectivity index is 0.000000247. The van der Waals surface area contributed by atoms with Crippen molar-refractivity contribution in [1.82, 2.24) is 0 Å². The lowest BCUT2D eigenvalue weighted by Crippen LogP contribution is -2.11. The van der Waals surface area contributed by atoms with E-state index in [9.17, 15) is 9.59 Å². The summed E-state index contributed by atoms with van der Waals surface area (Å²) >= 11 is 0. The highest BCUT2D eigenvalue weighted by Gasteiger charge is 2.15. The lowest BCUT2D eigenvalue weighted by atomic mass is 10.0. The molecular weight excluding hydrogens is 432 g/mol. The van der Waals surface area contributed by atoms with Crippen LogP contribution in [-0.4, -0.2) is 17.7 Å². The SMILES string of the molecule is C1=C2CCCCCCCCCCC(CCC1)O2.O=C1CCCCCCCCCCC(=O)CCCC1. The van der Waals surface area contributed by atoms with Crippen molar-refractivity contribution in [2.75, 3.05) is 0 Å². The Kier molecular flexibility index (Phi) is 18.1. The molecule has 2 aliphatic heterocycles. The monoisotopic (exact) mass is 488 g/mol. The molecule has 3 heteroatoms. The summed E-state index contributed by atoms with van der Waals surface area (Å²) in [6.07, 6.45) is 34.9. The molecule has 2 bridgehead atoms. The molecule has 35 heavy (non-hydrogen) atoms. The van der Waals surface area contributed by atoms with Gasteiger partial charge in [-0.2, -0.15) is 0 Å². The van der Waals surface area contributed by atoms with Gasteiger partial charge in [0.2, 0.25) is 0 Å². The minimum Gasteiger partial charge on any atom is -0.495 e. The van der Waals surface area contributed by atoms with Crippen LogP contribution in [0.5, 0.6) is 0 Å². The molecule has 3 nitrogen and oxygen atoms in total. The summed E-state index contributed by atoms with van der Waals surface area (Å²) in [6, 6.07) is 0. The average Bonchev–Trinajstić information content (AvgIpc) is 3.07. The van der Waals surface area contributed by atoms with Crippen LogP contribution in [0.4, 0.5) is 0 Å². The van der Waals surface area contributed by atoms with Crippen molar-refractivity contribution in [3.05, 3.63) is 11.8 Å². The highest BCUT2D eigenvalue weighted by Crippen LogP contribution is 2.25. The molecule has 1 aliphatic carbocycles. The molecule has 3 rings (SSSR count). The fourth-order valence-corrected chi connectivity index (χ4v) is 5.63. The van der Waals surface area contributed by atoms with Crippen molar-refractivity contribution in [2.24, 2.45) is 0 Å². The number of allylic oxidation sites excluding steroid dienone is 2. The molecule has 1 unspecified atom stereocenters. The van der Waals surface area contributed by atoms with E-state index in [1.165, 1.54) is 128 Å². The second-order valence-corrected chi connectivity index (χ2v) is 11.3. The van der Waals surface area contributed by atoms with Gasteiger partial charge >= 0.3 is 0 Å². The number of Topliss-reactive ketones (excluding diaryl/α,β-unsaturated/α-hetero) is 2. The number of fused-ring (bicyclic) bond motifs is 2. The Morgan fingerprint density at radius 2 is 0.829 bits per heavy atom. The molecule has 0 aromatic rings. The number of rotatable bonds is 0. The normalized spacial score (nSPS) is 25.7. The maximum Gasteiger partial charge on any atom is 0.132 e. The molecule has 1 atom stereocenters. The van der Waals surface area contributed by atoms with Gasteiger partial charge in [-0.15, -0.1) is 0 Å². The minimum atomic E-state index is 0.398. The predicted molar refractivity (Wildman–Crippen MR) is 148 cm³/mol. The highest BCUT2D eigenvalue weighted by molar-refractivity contribution is 5.79. The van der Waals surface area contributed by atoms with Crippen LogP contribution in [-0.2, 0) is 14.3 Å². The minimum absolute atomic E-state index is 0.398. The van der Waals surface area contributed by atoms with Crippen LogP contribution in [0.2, 0.25) is 0 Å². The summed E-state index contributed by atoms with van der Waals surface area (Å²) in [6.45, 7) is 0. The van der Waals surface area contributed by atoms with Gasteiger partial charge < -0.3 is 4.74 Å². The van der Waals surface area contributed by atoms with Gasteiger partial charge in [-0.05, 0) is 70.3 Å². The van der Waals surface area contributed by atoms with Crippen molar-refractivity contribution < 1.29 is 14.3 Å². The number of carbonyl (C=O) groups is 2. The number of ketones is 2. The summed E-state index contributed by atoms with van der Waals surface area (Å²) < 4.78 is 6.19. The van der Waals surface area contributed by atoms with Crippen molar-refractivity contribution in [3.63, 3.8) is 0 Å². The number of ether oxygens (including phenoxy) is 1. The molecule has 3 aliphatic rings. The van der Waals surface area contributed by atoms with Crippen LogP contribution in [0.25, 0.3) is 0 Å². The molecule has 0 aromatic heterocycles. The third-order valence-electron chi connectivity index (χ3n) is 7.94. The first-order chi connectivity index (χ1) is 17.2. The van der Waals surface area contributed by atoms with Crippen LogP contribution >= 0.6 is 0 Å². The lowest BCUT2D eigenvalue weighted by molar-refractivity contribution is -0.121. The first-order valence-electron chi connectivity index (χ1n) is 15.6. The van der Waals surface area contributed by atoms with Crippen LogP contribution in [0.1, 0.15) is 173 Å². The van der Waals surface area contributed by atoms with E-state index in [1.54, 1.807) is 0 Å². The van der Waals surface area contributed by atoms with Gasteiger partial charge in [0, 0.05) is 32.1 Å². The van der Waals surface area contributed by atoms with Crippen molar-refractivity contribution in [2.45, 2.75) is 179 Å². The molecule has 0 aromatic carbocycles. The second kappa shape index (κ2) is 21.0. The van der Waals surface area contributed by atoms with Gasteiger partial charge in [-0.3, -0.25) is 9.59 Å². The van der Waals surface area contributed by atoms with E-state index in [0.717, 1.165) is 38.5 Å². The molecule has 202 valence electrons. The van der Waals surface area contributed by atoms with Crippen molar-refractivity contribution in [3.8, 4) is 0 Å². The van der Waals surface area contributed by atoms with Gasteiger partial charge in [0.25, 0.3) is 0 Å². The quantitative estimate of drug-likeness (QED) is 0.340. The summed E-state index contributed by atoms with van der Waals surface area (Å²) in [4.78, 5) is 23.1. The third-order valence-corrected chi connectivity index (χ3v) is 7.94. The summed E-state index contributed by atoms with van der Waals surface area (Å²) in [5, 5.41) is 0. The van der Waals surface area contributed by atoms with E-state index >= 15 is 0 Å². The Morgan fingerprint density at radius 3 is 1.34 bits per heavy atom. The topological polar surface area (TPSA) is 43.4 Å². The van der Waals surface area contributed by atoms with Gasteiger partial charge in [0.05, 0.1) is 11.9 Å². The third kappa shape index (κ3) is 17.1. The zero-order valence-corrected chi connectivity index (χ0v) is 23.0. The molecule has 0 radical (unpaired) electrons.